The molecule has 0 atom stereocenters. The molecule has 0 aromatic carbocycles. The lowest BCUT2D eigenvalue weighted by atomic mass is 10.1. The number of rotatable bonds is 3. The van der Waals surface area contributed by atoms with Gasteiger partial charge in [-0.25, -0.2) is 9.73 Å². The maximum absolute atomic E-state index is 12.1. The molecule has 0 aliphatic rings. The van der Waals surface area contributed by atoms with E-state index in [1.54, 1.807) is 6.20 Å². The highest BCUT2D eigenvalue weighted by Gasteiger charge is 2.12. The van der Waals surface area contributed by atoms with Gasteiger partial charge in [0.15, 0.2) is 0 Å². The Morgan fingerprint density at radius 1 is 1.56 bits per heavy atom. The standard InChI is InChI=1S/C12H16N4O2/c1-7(2)11(17)13-6-10-8(3)4-9-5-14-15-16(9)12(10)18/h4-5,7,15H,6H2,1-3H3,(H,13,17). The van der Waals surface area contributed by atoms with Gasteiger partial charge in [0.1, 0.15) is 0 Å². The summed E-state index contributed by atoms with van der Waals surface area (Å²) in [6, 6.07) is 1.86. The second-order valence-corrected chi connectivity index (χ2v) is 4.60. The van der Waals surface area contributed by atoms with Crippen LogP contribution in [0.4, 0.5) is 0 Å². The predicted molar refractivity (Wildman–Crippen MR) is 67.2 cm³/mol. The van der Waals surface area contributed by atoms with Crippen LogP contribution in [-0.2, 0) is 11.3 Å². The van der Waals surface area contributed by atoms with Crippen LogP contribution in [0.2, 0.25) is 0 Å². The molecular formula is C12H16N4O2. The lowest BCUT2D eigenvalue weighted by Gasteiger charge is -2.09. The highest BCUT2D eigenvalue weighted by atomic mass is 16.2. The van der Waals surface area contributed by atoms with E-state index >= 15 is 0 Å². The first-order valence-corrected chi connectivity index (χ1v) is 5.83. The second-order valence-electron chi connectivity index (χ2n) is 4.60. The molecule has 0 spiro atoms. The molecule has 0 saturated carbocycles. The molecule has 18 heavy (non-hydrogen) atoms. The summed E-state index contributed by atoms with van der Waals surface area (Å²) in [5.41, 5.74) is 1.97. The van der Waals surface area contributed by atoms with E-state index in [1.165, 1.54) is 4.52 Å². The quantitative estimate of drug-likeness (QED) is 0.835. The van der Waals surface area contributed by atoms with Gasteiger partial charge in [-0.1, -0.05) is 13.8 Å². The van der Waals surface area contributed by atoms with E-state index in [2.05, 4.69) is 15.6 Å². The normalized spacial score (nSPS) is 11.1. The number of hydrogen-bond acceptors (Lipinski definition) is 3. The number of aromatic nitrogens is 3. The number of aromatic amines is 1. The van der Waals surface area contributed by atoms with Crippen LogP contribution in [0.1, 0.15) is 25.0 Å². The summed E-state index contributed by atoms with van der Waals surface area (Å²) in [6.07, 6.45) is 1.59. The first-order valence-electron chi connectivity index (χ1n) is 5.83. The van der Waals surface area contributed by atoms with Crippen molar-refractivity contribution in [3.8, 4) is 0 Å². The fraction of sp³-hybridized carbons (Fsp3) is 0.417. The summed E-state index contributed by atoms with van der Waals surface area (Å²) in [5.74, 6) is -0.160. The zero-order valence-electron chi connectivity index (χ0n) is 10.7. The number of nitrogens with one attached hydrogen (secondary N) is 2. The molecule has 0 fully saturated rings. The van der Waals surface area contributed by atoms with Gasteiger partial charge in [0.2, 0.25) is 5.91 Å². The van der Waals surface area contributed by atoms with Gasteiger partial charge in [-0.3, -0.25) is 9.59 Å². The van der Waals surface area contributed by atoms with Crippen LogP contribution in [-0.4, -0.2) is 20.7 Å². The van der Waals surface area contributed by atoms with Crippen LogP contribution < -0.4 is 10.9 Å². The third-order valence-corrected chi connectivity index (χ3v) is 2.88. The number of nitrogens with zero attached hydrogens (tertiary/aromatic N) is 2. The van der Waals surface area contributed by atoms with Gasteiger partial charge < -0.3 is 5.32 Å². The van der Waals surface area contributed by atoms with Gasteiger partial charge in [-0.2, -0.15) is 5.10 Å². The Bertz CT molecular complexity index is 639. The molecule has 1 amide bonds. The minimum atomic E-state index is -0.174. The molecule has 0 radical (unpaired) electrons. The lowest BCUT2D eigenvalue weighted by Crippen LogP contribution is -2.31. The molecule has 2 rings (SSSR count). The zero-order chi connectivity index (χ0) is 13.3. The van der Waals surface area contributed by atoms with Crippen molar-refractivity contribution in [2.24, 2.45) is 5.92 Å². The minimum absolute atomic E-state index is 0.0662. The van der Waals surface area contributed by atoms with Crippen LogP contribution in [0.5, 0.6) is 0 Å². The SMILES string of the molecule is Cc1cc2cn[nH]n2c(=O)c1CNC(=O)C(C)C. The van der Waals surface area contributed by atoms with Crippen molar-refractivity contribution in [1.29, 1.82) is 0 Å². The number of hydrogen-bond donors (Lipinski definition) is 2. The lowest BCUT2D eigenvalue weighted by molar-refractivity contribution is -0.124. The molecule has 0 saturated heterocycles. The summed E-state index contributed by atoms with van der Waals surface area (Å²) in [7, 11) is 0. The first-order chi connectivity index (χ1) is 8.50. The summed E-state index contributed by atoms with van der Waals surface area (Å²) < 4.78 is 1.36. The molecule has 0 unspecified atom stereocenters. The number of aryl methyl sites for hydroxylation is 1. The fourth-order valence-corrected chi connectivity index (χ4v) is 1.74. The third-order valence-electron chi connectivity index (χ3n) is 2.88. The van der Waals surface area contributed by atoms with Crippen LogP contribution in [0, 0.1) is 12.8 Å². The topological polar surface area (TPSA) is 79.3 Å². The molecule has 0 aliphatic heterocycles. The van der Waals surface area contributed by atoms with E-state index in [0.29, 0.717) is 5.56 Å². The zero-order valence-corrected chi connectivity index (χ0v) is 10.7. The third kappa shape index (κ3) is 2.13. The number of fused-ring (bicyclic) bond motifs is 1. The highest BCUT2D eigenvalue weighted by Crippen LogP contribution is 2.06. The van der Waals surface area contributed by atoms with Crippen molar-refractivity contribution < 1.29 is 4.79 Å². The van der Waals surface area contributed by atoms with E-state index < -0.39 is 0 Å². The Balaban J connectivity index is 2.33. The van der Waals surface area contributed by atoms with Gasteiger partial charge in [0.05, 0.1) is 11.7 Å². The summed E-state index contributed by atoms with van der Waals surface area (Å²) in [5, 5.41) is 9.18. The number of pyridine rings is 1. The Morgan fingerprint density at radius 2 is 2.28 bits per heavy atom. The maximum Gasteiger partial charge on any atom is 0.276 e. The smallest absolute Gasteiger partial charge is 0.276 e. The van der Waals surface area contributed by atoms with E-state index in [4.69, 9.17) is 0 Å². The van der Waals surface area contributed by atoms with E-state index in [0.717, 1.165) is 11.1 Å². The number of carbonyl (C=O) groups is 1. The largest absolute Gasteiger partial charge is 0.352 e. The summed E-state index contributed by atoms with van der Waals surface area (Å²) >= 11 is 0. The molecule has 2 aromatic rings. The Morgan fingerprint density at radius 3 is 2.94 bits per heavy atom. The average molecular weight is 248 g/mol. The molecule has 0 bridgehead atoms. The second kappa shape index (κ2) is 4.64. The van der Waals surface area contributed by atoms with E-state index in [9.17, 15) is 9.59 Å². The van der Waals surface area contributed by atoms with Crippen molar-refractivity contribution in [3.63, 3.8) is 0 Å². The van der Waals surface area contributed by atoms with E-state index in [-0.39, 0.29) is 23.9 Å². The van der Waals surface area contributed by atoms with Crippen molar-refractivity contribution in [3.05, 3.63) is 33.7 Å². The molecule has 2 N–H and O–H groups in total. The monoisotopic (exact) mass is 248 g/mol. The summed E-state index contributed by atoms with van der Waals surface area (Å²) in [6.45, 7) is 5.72. The van der Waals surface area contributed by atoms with Crippen molar-refractivity contribution in [2.45, 2.75) is 27.3 Å². The average Bonchev–Trinajstić information content (AvgIpc) is 2.76. The Hall–Kier alpha value is -2.11. The van der Waals surface area contributed by atoms with Gasteiger partial charge in [0.25, 0.3) is 5.56 Å². The first kappa shape index (κ1) is 12.3. The van der Waals surface area contributed by atoms with Crippen molar-refractivity contribution in [1.82, 2.24) is 20.1 Å². The molecule has 6 heteroatoms. The van der Waals surface area contributed by atoms with Gasteiger partial charge >= 0.3 is 0 Å². The van der Waals surface area contributed by atoms with Gasteiger partial charge in [0, 0.05) is 18.0 Å². The molecule has 96 valence electrons. The van der Waals surface area contributed by atoms with Crippen LogP contribution in [0.15, 0.2) is 17.1 Å². The van der Waals surface area contributed by atoms with Crippen LogP contribution in [0.25, 0.3) is 5.52 Å². The number of H-pyrrole nitrogens is 1. The number of carbonyl (C=O) groups excluding carboxylic acids is 1. The minimum Gasteiger partial charge on any atom is -0.352 e. The van der Waals surface area contributed by atoms with Crippen molar-refractivity contribution in [2.75, 3.05) is 0 Å². The number of amides is 1. The molecular weight excluding hydrogens is 232 g/mol. The van der Waals surface area contributed by atoms with Crippen LogP contribution >= 0.6 is 0 Å². The van der Waals surface area contributed by atoms with Gasteiger partial charge in [-0.15, -0.1) is 0 Å². The molecule has 6 nitrogen and oxygen atoms in total. The van der Waals surface area contributed by atoms with E-state index in [1.807, 2.05) is 26.8 Å². The fourth-order valence-electron chi connectivity index (χ4n) is 1.74. The Labute approximate surface area is 104 Å². The highest BCUT2D eigenvalue weighted by molar-refractivity contribution is 5.77. The molecule has 2 aromatic heterocycles. The summed E-state index contributed by atoms with van der Waals surface area (Å²) in [4.78, 5) is 23.6. The van der Waals surface area contributed by atoms with Crippen LogP contribution in [0.3, 0.4) is 0 Å². The Kier molecular flexibility index (Phi) is 3.18. The predicted octanol–water partition coefficient (Wildman–Crippen LogP) is 0.603. The maximum atomic E-state index is 12.1. The molecule has 2 heterocycles. The van der Waals surface area contributed by atoms with Gasteiger partial charge in [-0.05, 0) is 18.6 Å². The van der Waals surface area contributed by atoms with Crippen molar-refractivity contribution >= 4 is 11.4 Å². The molecule has 0 aliphatic carbocycles.